The van der Waals surface area contributed by atoms with Gasteiger partial charge in [-0.15, -0.1) is 11.3 Å². The Balaban J connectivity index is 0.847. The SMILES string of the molecule is CC[C@H](C(=O)N1CCCC[C@H]1C(=O)O[C@H](CCc1ccc(OC)c(OC)c1)c1ccccc1OCC(=O)NCCOCCOCCOCC(=O)N[C@H](C(=O)N1C[C@H](O)C[C@H]1C(=O)N[C@@H](C)c1ccc(-c2scnc2C)cc1)C(C)(C)C)c1cc(OC)c(OC)c(OC)c1. The summed E-state index contributed by atoms with van der Waals surface area (Å²) in [5.41, 5.74) is 6.00. The van der Waals surface area contributed by atoms with Gasteiger partial charge in [0.1, 0.15) is 36.6 Å². The number of likely N-dealkylation sites (tertiary alicyclic amines) is 2. The molecule has 2 aliphatic heterocycles. The summed E-state index contributed by atoms with van der Waals surface area (Å²) in [6.45, 7) is 11.8. The number of piperidine rings is 1. The molecular formula is C69H92N6O17S. The normalized spacial score (nSPS) is 16.9. The quantitative estimate of drug-likeness (QED) is 0.0225. The first kappa shape index (κ1) is 72.4. The van der Waals surface area contributed by atoms with Gasteiger partial charge in [-0.05, 0) is 110 Å². The van der Waals surface area contributed by atoms with Crippen LogP contribution < -0.4 is 44.4 Å². The van der Waals surface area contributed by atoms with E-state index < -0.39 is 71.3 Å². The molecular weight excluding hydrogens is 1220 g/mol. The molecule has 24 heteroatoms. The van der Waals surface area contributed by atoms with Gasteiger partial charge in [0.15, 0.2) is 29.6 Å². The van der Waals surface area contributed by atoms with Crippen LogP contribution in [-0.2, 0) is 54.1 Å². The van der Waals surface area contributed by atoms with Crippen molar-refractivity contribution in [2.75, 3.05) is 101 Å². The minimum absolute atomic E-state index is 0.0564. The predicted octanol–water partition coefficient (Wildman–Crippen LogP) is 7.87. The van der Waals surface area contributed by atoms with E-state index in [4.69, 9.17) is 47.4 Å². The Labute approximate surface area is 549 Å². The summed E-state index contributed by atoms with van der Waals surface area (Å²) in [4.78, 5) is 91.8. The number of rotatable bonds is 34. The maximum atomic E-state index is 14.6. The number of nitrogens with zero attached hydrogens (tertiary/aromatic N) is 3. The van der Waals surface area contributed by atoms with Crippen molar-refractivity contribution in [1.82, 2.24) is 30.7 Å². The Hall–Kier alpha value is -8.03. The number of nitrogens with one attached hydrogen (secondary N) is 3. The molecule has 23 nitrogen and oxygen atoms in total. The van der Waals surface area contributed by atoms with Gasteiger partial charge in [0, 0.05) is 31.6 Å². The van der Waals surface area contributed by atoms with Crippen molar-refractivity contribution in [1.29, 1.82) is 0 Å². The van der Waals surface area contributed by atoms with E-state index in [1.165, 1.54) is 26.2 Å². The maximum absolute atomic E-state index is 14.6. The van der Waals surface area contributed by atoms with Gasteiger partial charge < -0.3 is 78.2 Å². The highest BCUT2D eigenvalue weighted by atomic mass is 32.1. The molecule has 0 radical (unpaired) electrons. The van der Waals surface area contributed by atoms with E-state index in [2.05, 4.69) is 20.9 Å². The molecule has 506 valence electrons. The number of carbonyl (C=O) groups is 6. The van der Waals surface area contributed by atoms with Crippen LogP contribution in [0, 0.1) is 12.3 Å². The molecule has 7 rings (SSSR count). The first-order valence-electron chi connectivity index (χ1n) is 31.6. The van der Waals surface area contributed by atoms with E-state index in [0.29, 0.717) is 90.7 Å². The van der Waals surface area contributed by atoms with Crippen LogP contribution in [0.5, 0.6) is 34.5 Å². The fourth-order valence-electron chi connectivity index (χ4n) is 11.5. The fraction of sp³-hybridized carbons (Fsp3) is 0.522. The molecule has 5 aromatic rings. The van der Waals surface area contributed by atoms with Gasteiger partial charge in [-0.1, -0.05) is 76.2 Å². The van der Waals surface area contributed by atoms with Gasteiger partial charge in [0.2, 0.25) is 29.4 Å². The molecule has 0 unspecified atom stereocenters. The van der Waals surface area contributed by atoms with Gasteiger partial charge >= 0.3 is 5.97 Å². The summed E-state index contributed by atoms with van der Waals surface area (Å²) >= 11 is 1.56. The van der Waals surface area contributed by atoms with Gasteiger partial charge in [0.25, 0.3) is 5.91 Å². The standard InChI is InChI=1S/C69H92N6O17S/c1-12-50(48-36-58(85-9)62(87-11)59(37-48)86-10)66(80)74-29-16-15-18-52(74)68(82)92-55(26-20-45-21-27-56(83-7)57(35-45)84-8)51-17-13-14-19-54(51)91-41-60(77)70-28-30-88-31-32-89-33-34-90-40-61(78)73-64(69(4,5)6)67(81)75-39-49(76)38-53(75)65(79)72-43(2)46-22-24-47(25-23-46)63-44(3)71-42-93-63/h13-14,17,19,21-25,27,35-37,42-43,49-50,52-53,55,64,76H,12,15-16,18,20,26,28-34,38-41H2,1-11H3,(H,70,77)(H,72,79)(H,73,78)/t43-,49+,50-,52-,53-,55+,64+/m0/s1. The lowest BCUT2D eigenvalue weighted by Crippen LogP contribution is -2.58. The van der Waals surface area contributed by atoms with Crippen LogP contribution in [0.4, 0.5) is 0 Å². The average Bonchev–Trinajstić information content (AvgIpc) is 1.82. The second-order valence-electron chi connectivity index (χ2n) is 24.0. The third-order valence-corrected chi connectivity index (χ3v) is 17.5. The summed E-state index contributed by atoms with van der Waals surface area (Å²) in [6.07, 6.45) is 1.32. The molecule has 2 aliphatic rings. The van der Waals surface area contributed by atoms with E-state index in [1.807, 2.05) is 84.0 Å². The topological polar surface area (TPSA) is 270 Å². The molecule has 0 spiro atoms. The minimum Gasteiger partial charge on any atom is -0.493 e. The molecule has 4 aromatic carbocycles. The van der Waals surface area contributed by atoms with Crippen molar-refractivity contribution in [3.8, 4) is 44.9 Å². The molecule has 5 amide bonds. The third-order valence-electron chi connectivity index (χ3n) is 16.5. The molecule has 93 heavy (non-hydrogen) atoms. The number of aliphatic hydroxyl groups excluding tert-OH is 1. The third kappa shape index (κ3) is 19.8. The van der Waals surface area contributed by atoms with Crippen molar-refractivity contribution in [3.05, 3.63) is 112 Å². The Morgan fingerprint density at radius 2 is 1.39 bits per heavy atom. The summed E-state index contributed by atoms with van der Waals surface area (Å²) in [5, 5.41) is 19.3. The molecule has 4 N–H and O–H groups in total. The zero-order valence-electron chi connectivity index (χ0n) is 55.4. The van der Waals surface area contributed by atoms with Gasteiger partial charge in [-0.2, -0.15) is 0 Å². The first-order chi connectivity index (χ1) is 44.7. The van der Waals surface area contributed by atoms with Crippen molar-refractivity contribution >= 4 is 46.8 Å². The van der Waals surface area contributed by atoms with Gasteiger partial charge in [0.05, 0.1) is 103 Å². The number of aryl methyl sites for hydroxylation is 2. The van der Waals surface area contributed by atoms with Crippen LogP contribution in [0.25, 0.3) is 10.4 Å². The van der Waals surface area contributed by atoms with Gasteiger partial charge in [-0.3, -0.25) is 24.0 Å². The fourth-order valence-corrected chi connectivity index (χ4v) is 12.3. The number of methoxy groups -OCH3 is 5. The number of hydrogen-bond acceptors (Lipinski definition) is 19. The number of ether oxygens (including phenoxy) is 10. The smallest absolute Gasteiger partial charge is 0.329 e. The summed E-state index contributed by atoms with van der Waals surface area (Å²) in [7, 11) is 7.67. The number of esters is 1. The highest BCUT2D eigenvalue weighted by molar-refractivity contribution is 7.13. The van der Waals surface area contributed by atoms with Crippen molar-refractivity contribution in [3.63, 3.8) is 0 Å². The zero-order chi connectivity index (χ0) is 67.2. The Morgan fingerprint density at radius 1 is 0.710 bits per heavy atom. The molecule has 7 atom stereocenters. The predicted molar refractivity (Wildman–Crippen MR) is 349 cm³/mol. The lowest BCUT2D eigenvalue weighted by molar-refractivity contribution is -0.162. The lowest BCUT2D eigenvalue weighted by Gasteiger charge is -2.37. The Morgan fingerprint density at radius 3 is 2.03 bits per heavy atom. The molecule has 2 fully saturated rings. The Bertz CT molecular complexity index is 3260. The highest BCUT2D eigenvalue weighted by Gasteiger charge is 2.45. The molecule has 0 saturated carbocycles. The van der Waals surface area contributed by atoms with Crippen LogP contribution in [-0.4, -0.2) is 181 Å². The highest BCUT2D eigenvalue weighted by Crippen LogP contribution is 2.42. The Kier molecular flexibility index (Phi) is 27.5. The van der Waals surface area contributed by atoms with E-state index >= 15 is 0 Å². The van der Waals surface area contributed by atoms with Crippen molar-refractivity contribution in [2.24, 2.45) is 5.41 Å². The average molecular weight is 1310 g/mol. The van der Waals surface area contributed by atoms with Gasteiger partial charge in [-0.25, -0.2) is 9.78 Å². The largest absolute Gasteiger partial charge is 0.493 e. The van der Waals surface area contributed by atoms with Crippen LogP contribution in [0.15, 0.2) is 84.4 Å². The second kappa shape index (κ2) is 35.3. The van der Waals surface area contributed by atoms with Crippen LogP contribution in [0.2, 0.25) is 0 Å². The molecule has 0 bridgehead atoms. The molecule has 2 saturated heterocycles. The number of para-hydroxylation sites is 1. The number of carbonyl (C=O) groups excluding carboxylic acids is 6. The maximum Gasteiger partial charge on any atom is 0.329 e. The lowest BCUT2D eigenvalue weighted by atomic mass is 9.85. The monoisotopic (exact) mass is 1310 g/mol. The zero-order valence-corrected chi connectivity index (χ0v) is 56.2. The number of aliphatic hydroxyl groups is 1. The number of aromatic nitrogens is 1. The molecule has 0 aliphatic carbocycles. The van der Waals surface area contributed by atoms with E-state index in [9.17, 15) is 33.9 Å². The first-order valence-corrected chi connectivity index (χ1v) is 32.4. The van der Waals surface area contributed by atoms with Crippen LogP contribution >= 0.6 is 11.3 Å². The van der Waals surface area contributed by atoms with Crippen molar-refractivity contribution in [2.45, 2.75) is 129 Å². The molecule has 3 heterocycles. The summed E-state index contributed by atoms with van der Waals surface area (Å²) < 4.78 is 57.3. The number of amides is 5. The van der Waals surface area contributed by atoms with Crippen LogP contribution in [0.3, 0.4) is 0 Å². The van der Waals surface area contributed by atoms with E-state index in [0.717, 1.165) is 27.3 Å². The van der Waals surface area contributed by atoms with E-state index in [1.54, 1.807) is 72.4 Å². The summed E-state index contributed by atoms with van der Waals surface area (Å²) in [5.74, 6) is -0.540. The number of thiazole rings is 1. The number of β-amino-alcohol motifs (C(OH)–C–C–N with tert-alkyl or cyclic N) is 1. The number of benzene rings is 4. The second-order valence-corrected chi connectivity index (χ2v) is 24.8. The van der Waals surface area contributed by atoms with Crippen LogP contribution in [0.1, 0.15) is 119 Å². The molecule has 1 aromatic heterocycles. The minimum atomic E-state index is -1.02. The van der Waals surface area contributed by atoms with Crippen molar-refractivity contribution < 1.29 is 81.2 Å². The van der Waals surface area contributed by atoms with E-state index in [-0.39, 0.29) is 77.7 Å². The summed E-state index contributed by atoms with van der Waals surface area (Å²) in [6, 6.07) is 20.9. The number of hydrogen-bond donors (Lipinski definition) is 4.